The van der Waals surface area contributed by atoms with Crippen LogP contribution in [-0.4, -0.2) is 62.5 Å². The van der Waals surface area contributed by atoms with Gasteiger partial charge in [0.1, 0.15) is 12.6 Å². The highest BCUT2D eigenvalue weighted by Gasteiger charge is 2.30. The number of carboxylic acid groups (broad SMARTS) is 1. The molecule has 0 aliphatic heterocycles. The number of aliphatic carboxylic acids is 1. The van der Waals surface area contributed by atoms with E-state index >= 15 is 0 Å². The summed E-state index contributed by atoms with van der Waals surface area (Å²) in [6.07, 6.45) is -0.630. The Kier molecular flexibility index (Phi) is 11.0. The second-order valence-corrected chi connectivity index (χ2v) is 7.47. The molecular weight excluding hydrogens is 438 g/mol. The molecule has 0 radical (unpaired) electrons. The molecule has 34 heavy (non-hydrogen) atoms. The Bertz CT molecular complexity index is 920. The van der Waals surface area contributed by atoms with Gasteiger partial charge in [-0.1, -0.05) is 48.5 Å². The predicted molar refractivity (Wildman–Crippen MR) is 128 cm³/mol. The Morgan fingerprint density at radius 3 is 2.18 bits per heavy atom. The molecule has 0 fully saturated rings. The van der Waals surface area contributed by atoms with Crippen molar-refractivity contribution < 1.29 is 29.0 Å². The molecule has 2 aromatic rings. The Morgan fingerprint density at radius 1 is 1.03 bits per heavy atom. The van der Waals surface area contributed by atoms with Gasteiger partial charge in [0, 0.05) is 25.7 Å². The van der Waals surface area contributed by atoms with Crippen molar-refractivity contribution in [1.29, 1.82) is 0 Å². The SMILES string of the molecule is CCOCCCNC(=O)CC(NC(=O)OCC1c2ccccc2-c2ccccc21)C(=O)O.CN. The summed E-state index contributed by atoms with van der Waals surface area (Å²) in [6.45, 7) is 3.42. The molecule has 0 spiro atoms. The van der Waals surface area contributed by atoms with Gasteiger partial charge >= 0.3 is 12.1 Å². The number of rotatable bonds is 11. The lowest BCUT2D eigenvalue weighted by molar-refractivity contribution is -0.141. The number of ether oxygens (including phenoxy) is 2. The molecule has 0 saturated carbocycles. The molecule has 184 valence electrons. The van der Waals surface area contributed by atoms with E-state index in [1.54, 1.807) is 0 Å². The number of benzene rings is 2. The minimum Gasteiger partial charge on any atom is -0.480 e. The van der Waals surface area contributed by atoms with Crippen LogP contribution in [0.1, 0.15) is 36.8 Å². The highest BCUT2D eigenvalue weighted by Crippen LogP contribution is 2.44. The van der Waals surface area contributed by atoms with Gasteiger partial charge in [0.05, 0.1) is 6.42 Å². The van der Waals surface area contributed by atoms with Crippen LogP contribution in [0.2, 0.25) is 0 Å². The monoisotopic (exact) mass is 471 g/mol. The zero-order valence-corrected chi connectivity index (χ0v) is 19.6. The molecule has 0 aromatic heterocycles. The molecule has 1 aliphatic carbocycles. The molecule has 3 rings (SSSR count). The largest absolute Gasteiger partial charge is 0.480 e. The average molecular weight is 472 g/mol. The standard InChI is InChI=1S/C24H28N2O6.CH5N/c1-2-31-13-7-12-25-22(27)14-21(23(28)29)26-24(30)32-15-20-18-10-5-3-8-16(18)17-9-4-6-11-19(17)20;1-2/h3-6,8-11,20-21H,2,7,12-15H2,1H3,(H,25,27)(H,26,30)(H,28,29);2H2,1H3. The van der Waals surface area contributed by atoms with Crippen molar-refractivity contribution in [2.24, 2.45) is 5.73 Å². The van der Waals surface area contributed by atoms with Crippen LogP contribution < -0.4 is 16.4 Å². The van der Waals surface area contributed by atoms with Crippen molar-refractivity contribution in [2.75, 3.05) is 33.4 Å². The molecule has 5 N–H and O–H groups in total. The summed E-state index contributed by atoms with van der Waals surface area (Å²) >= 11 is 0. The van der Waals surface area contributed by atoms with Crippen molar-refractivity contribution in [3.63, 3.8) is 0 Å². The third kappa shape index (κ3) is 7.29. The lowest BCUT2D eigenvalue weighted by atomic mass is 9.98. The predicted octanol–water partition coefficient (Wildman–Crippen LogP) is 2.49. The van der Waals surface area contributed by atoms with Gasteiger partial charge in [0.15, 0.2) is 0 Å². The molecule has 9 nitrogen and oxygen atoms in total. The number of hydrogen-bond acceptors (Lipinski definition) is 6. The maximum Gasteiger partial charge on any atom is 0.407 e. The van der Waals surface area contributed by atoms with Gasteiger partial charge < -0.3 is 30.9 Å². The normalized spacial score (nSPS) is 12.4. The van der Waals surface area contributed by atoms with Gasteiger partial charge in [-0.2, -0.15) is 0 Å². The van der Waals surface area contributed by atoms with E-state index < -0.39 is 24.0 Å². The third-order valence-corrected chi connectivity index (χ3v) is 5.32. The summed E-state index contributed by atoms with van der Waals surface area (Å²) in [5.74, 6) is -1.90. The van der Waals surface area contributed by atoms with Crippen LogP contribution in [0.3, 0.4) is 0 Å². The average Bonchev–Trinajstić information content (AvgIpc) is 3.17. The van der Waals surface area contributed by atoms with Crippen molar-refractivity contribution in [1.82, 2.24) is 10.6 Å². The lowest BCUT2D eigenvalue weighted by Crippen LogP contribution is -2.44. The molecule has 1 aliphatic rings. The molecule has 9 heteroatoms. The summed E-state index contributed by atoms with van der Waals surface area (Å²) in [5, 5.41) is 14.3. The first-order valence-corrected chi connectivity index (χ1v) is 11.3. The Balaban J connectivity index is 0.00000199. The van der Waals surface area contributed by atoms with Crippen LogP contribution in [0.25, 0.3) is 11.1 Å². The van der Waals surface area contributed by atoms with Gasteiger partial charge in [-0.05, 0) is 42.6 Å². The van der Waals surface area contributed by atoms with E-state index in [0.29, 0.717) is 26.2 Å². The number of nitrogens with one attached hydrogen (secondary N) is 2. The molecule has 2 aromatic carbocycles. The summed E-state index contributed by atoms with van der Waals surface area (Å²) < 4.78 is 10.5. The van der Waals surface area contributed by atoms with Crippen molar-refractivity contribution >= 4 is 18.0 Å². The Hall–Kier alpha value is -3.43. The number of nitrogens with two attached hydrogens (primary N) is 1. The number of alkyl carbamates (subject to hydrolysis) is 1. The molecule has 2 amide bonds. The molecule has 0 heterocycles. The van der Waals surface area contributed by atoms with Crippen LogP contribution in [0, 0.1) is 0 Å². The van der Waals surface area contributed by atoms with E-state index in [-0.39, 0.29) is 18.9 Å². The van der Waals surface area contributed by atoms with E-state index in [0.717, 1.165) is 22.3 Å². The Morgan fingerprint density at radius 2 is 1.62 bits per heavy atom. The number of carboxylic acids is 1. The van der Waals surface area contributed by atoms with E-state index in [9.17, 15) is 19.5 Å². The smallest absolute Gasteiger partial charge is 0.407 e. The summed E-state index contributed by atoms with van der Waals surface area (Å²) in [5.41, 5.74) is 8.81. The second kappa shape index (κ2) is 14.0. The highest BCUT2D eigenvalue weighted by molar-refractivity contribution is 5.87. The number of amides is 2. The van der Waals surface area contributed by atoms with Crippen LogP contribution in [0.15, 0.2) is 48.5 Å². The number of fused-ring (bicyclic) bond motifs is 3. The van der Waals surface area contributed by atoms with E-state index in [1.807, 2.05) is 55.5 Å². The summed E-state index contributed by atoms with van der Waals surface area (Å²) in [7, 11) is 1.50. The van der Waals surface area contributed by atoms with E-state index in [1.165, 1.54) is 7.05 Å². The quantitative estimate of drug-likeness (QED) is 0.369. The van der Waals surface area contributed by atoms with Gasteiger partial charge in [0.25, 0.3) is 0 Å². The Labute approximate surface area is 199 Å². The molecular formula is C25H33N3O6. The first-order chi connectivity index (χ1) is 16.5. The fourth-order valence-corrected chi connectivity index (χ4v) is 3.79. The van der Waals surface area contributed by atoms with Crippen LogP contribution in [-0.2, 0) is 19.1 Å². The molecule has 0 saturated heterocycles. The zero-order chi connectivity index (χ0) is 24.9. The summed E-state index contributed by atoms with van der Waals surface area (Å²) in [4.78, 5) is 35.8. The van der Waals surface area contributed by atoms with Crippen LogP contribution in [0.5, 0.6) is 0 Å². The maximum absolute atomic E-state index is 12.3. The number of carbonyl (C=O) groups excluding carboxylic acids is 2. The van der Waals surface area contributed by atoms with Gasteiger partial charge in [-0.15, -0.1) is 0 Å². The number of hydrogen-bond donors (Lipinski definition) is 4. The van der Waals surface area contributed by atoms with Crippen molar-refractivity contribution in [3.05, 3.63) is 59.7 Å². The molecule has 0 bridgehead atoms. The minimum absolute atomic E-state index is 0.0653. The summed E-state index contributed by atoms with van der Waals surface area (Å²) in [6, 6.07) is 14.5. The maximum atomic E-state index is 12.3. The topological polar surface area (TPSA) is 140 Å². The highest BCUT2D eigenvalue weighted by atomic mass is 16.5. The first kappa shape index (κ1) is 26.8. The van der Waals surface area contributed by atoms with Crippen molar-refractivity contribution in [3.8, 4) is 11.1 Å². The van der Waals surface area contributed by atoms with Gasteiger partial charge in [-0.25, -0.2) is 9.59 Å². The minimum atomic E-state index is -1.38. The van der Waals surface area contributed by atoms with E-state index in [4.69, 9.17) is 9.47 Å². The van der Waals surface area contributed by atoms with Crippen LogP contribution in [0.4, 0.5) is 4.79 Å². The first-order valence-electron chi connectivity index (χ1n) is 11.3. The second-order valence-electron chi connectivity index (χ2n) is 7.47. The molecule has 1 atom stereocenters. The molecule has 1 unspecified atom stereocenters. The van der Waals surface area contributed by atoms with Crippen molar-refractivity contribution in [2.45, 2.75) is 31.7 Å². The third-order valence-electron chi connectivity index (χ3n) is 5.32. The van der Waals surface area contributed by atoms with Gasteiger partial charge in [0.2, 0.25) is 5.91 Å². The number of carbonyl (C=O) groups is 3. The fourth-order valence-electron chi connectivity index (χ4n) is 3.79. The fraction of sp³-hybridized carbons (Fsp3) is 0.400. The van der Waals surface area contributed by atoms with Crippen LogP contribution >= 0.6 is 0 Å². The zero-order valence-electron chi connectivity index (χ0n) is 19.6. The lowest BCUT2D eigenvalue weighted by Gasteiger charge is -2.17. The van der Waals surface area contributed by atoms with Gasteiger partial charge in [-0.3, -0.25) is 4.79 Å². The van der Waals surface area contributed by atoms with E-state index in [2.05, 4.69) is 16.4 Å².